The van der Waals surface area contributed by atoms with E-state index >= 15 is 0 Å². The van der Waals surface area contributed by atoms with Crippen molar-refractivity contribution in [3.63, 3.8) is 0 Å². The molecule has 0 radical (unpaired) electrons. The van der Waals surface area contributed by atoms with Crippen LogP contribution in [0.4, 0.5) is 0 Å². The maximum absolute atomic E-state index is 14.0. The Morgan fingerprint density at radius 3 is 2.32 bits per heavy atom. The van der Waals surface area contributed by atoms with E-state index in [1.54, 1.807) is 12.1 Å². The molecular formula is C29H23N3O2. The standard InChI is InChI=1S/C29H23N3O2/c1-2-34-23-14-12-21(13-15-23)25-26(27(33)22-9-4-3-5-10-22)32-17-16-20-8-6-7-11-24(20)28(32)29(25,18-30)19-31/h3-17,25-26,28H,2H2,1H3/t25-,26+,28-/m1/s1. The van der Waals surface area contributed by atoms with Gasteiger partial charge in [-0.05, 0) is 41.8 Å². The smallest absolute Gasteiger partial charge is 0.185 e. The number of hydrogen-bond donors (Lipinski definition) is 0. The van der Waals surface area contributed by atoms with Crippen LogP contribution in [-0.4, -0.2) is 23.3 Å². The minimum absolute atomic E-state index is 0.110. The second kappa shape index (κ2) is 8.54. The van der Waals surface area contributed by atoms with Gasteiger partial charge in [-0.3, -0.25) is 4.79 Å². The van der Waals surface area contributed by atoms with Crippen LogP contribution in [0.3, 0.4) is 0 Å². The van der Waals surface area contributed by atoms with Gasteiger partial charge < -0.3 is 9.64 Å². The highest BCUT2D eigenvalue weighted by atomic mass is 16.5. The predicted molar refractivity (Wildman–Crippen MR) is 129 cm³/mol. The molecule has 3 aromatic rings. The van der Waals surface area contributed by atoms with Crippen molar-refractivity contribution in [3.8, 4) is 17.9 Å². The molecule has 3 aromatic carbocycles. The normalized spacial score (nSPS) is 21.6. The maximum Gasteiger partial charge on any atom is 0.185 e. The zero-order valence-electron chi connectivity index (χ0n) is 18.8. The molecule has 166 valence electrons. The molecule has 1 fully saturated rings. The van der Waals surface area contributed by atoms with Crippen molar-refractivity contribution in [1.82, 2.24) is 4.90 Å². The quantitative estimate of drug-likeness (QED) is 0.485. The fourth-order valence-electron chi connectivity index (χ4n) is 5.38. The van der Waals surface area contributed by atoms with Gasteiger partial charge in [0, 0.05) is 17.7 Å². The Hall–Kier alpha value is -4.35. The minimum atomic E-state index is -1.47. The molecule has 5 rings (SSSR count). The highest BCUT2D eigenvalue weighted by molar-refractivity contribution is 6.01. The summed E-state index contributed by atoms with van der Waals surface area (Å²) in [4.78, 5) is 15.9. The van der Waals surface area contributed by atoms with E-state index < -0.39 is 23.4 Å². The third-order valence-electron chi connectivity index (χ3n) is 6.82. The van der Waals surface area contributed by atoms with Crippen molar-refractivity contribution < 1.29 is 9.53 Å². The molecule has 34 heavy (non-hydrogen) atoms. The molecule has 0 bridgehead atoms. The van der Waals surface area contributed by atoms with E-state index in [0.717, 1.165) is 16.7 Å². The zero-order chi connectivity index (χ0) is 23.7. The second-order valence-electron chi connectivity index (χ2n) is 8.54. The van der Waals surface area contributed by atoms with Crippen LogP contribution >= 0.6 is 0 Å². The lowest BCUT2D eigenvalue weighted by Gasteiger charge is -2.34. The van der Waals surface area contributed by atoms with Crippen molar-refractivity contribution in [1.29, 1.82) is 10.5 Å². The highest BCUT2D eigenvalue weighted by Crippen LogP contribution is 2.60. The fourth-order valence-corrected chi connectivity index (χ4v) is 5.38. The van der Waals surface area contributed by atoms with Gasteiger partial charge in [-0.25, -0.2) is 0 Å². The van der Waals surface area contributed by atoms with Gasteiger partial charge in [0.05, 0.1) is 24.8 Å². The maximum atomic E-state index is 14.0. The molecule has 0 aromatic heterocycles. The van der Waals surface area contributed by atoms with Crippen molar-refractivity contribution in [3.05, 3.63) is 107 Å². The van der Waals surface area contributed by atoms with Gasteiger partial charge in [0.2, 0.25) is 0 Å². The van der Waals surface area contributed by atoms with Crippen LogP contribution in [0.15, 0.2) is 85.1 Å². The monoisotopic (exact) mass is 445 g/mol. The number of nitrogens with zero attached hydrogens (tertiary/aromatic N) is 3. The first-order valence-electron chi connectivity index (χ1n) is 11.3. The number of carbonyl (C=O) groups is 1. The molecule has 2 aliphatic rings. The number of benzene rings is 3. The van der Waals surface area contributed by atoms with E-state index in [9.17, 15) is 15.3 Å². The first-order chi connectivity index (χ1) is 16.6. The van der Waals surface area contributed by atoms with Gasteiger partial charge in [-0.15, -0.1) is 0 Å². The molecule has 2 aliphatic heterocycles. The summed E-state index contributed by atoms with van der Waals surface area (Å²) in [5, 5.41) is 21.1. The molecule has 3 atom stereocenters. The van der Waals surface area contributed by atoms with Crippen LogP contribution in [0.25, 0.3) is 6.08 Å². The summed E-state index contributed by atoms with van der Waals surface area (Å²) in [5.74, 6) is -0.0646. The van der Waals surface area contributed by atoms with Crippen LogP contribution in [0.1, 0.15) is 45.9 Å². The number of ether oxygens (including phenoxy) is 1. The van der Waals surface area contributed by atoms with Crippen LogP contribution in [0.2, 0.25) is 0 Å². The number of rotatable bonds is 5. The lowest BCUT2D eigenvalue weighted by Crippen LogP contribution is -2.37. The van der Waals surface area contributed by atoms with Crippen molar-refractivity contribution in [2.75, 3.05) is 6.61 Å². The number of hydrogen-bond acceptors (Lipinski definition) is 5. The van der Waals surface area contributed by atoms with Gasteiger partial charge in [-0.2, -0.15) is 10.5 Å². The van der Waals surface area contributed by atoms with E-state index in [4.69, 9.17) is 4.74 Å². The van der Waals surface area contributed by atoms with Gasteiger partial charge in [-0.1, -0.05) is 66.7 Å². The molecule has 5 heteroatoms. The van der Waals surface area contributed by atoms with Crippen LogP contribution in [0, 0.1) is 28.1 Å². The molecule has 0 spiro atoms. The lowest BCUT2D eigenvalue weighted by molar-refractivity contribution is 0.0874. The van der Waals surface area contributed by atoms with Crippen molar-refractivity contribution in [2.24, 2.45) is 5.41 Å². The molecule has 1 saturated heterocycles. The summed E-state index contributed by atoms with van der Waals surface area (Å²) < 4.78 is 5.59. The molecule has 5 nitrogen and oxygen atoms in total. The van der Waals surface area contributed by atoms with E-state index in [2.05, 4.69) is 12.1 Å². The van der Waals surface area contributed by atoms with Gasteiger partial charge >= 0.3 is 0 Å². The number of Topliss-reactive ketones (excluding diaryl/α,β-unsaturated/α-hetero) is 1. The van der Waals surface area contributed by atoms with Gasteiger partial charge in [0.15, 0.2) is 11.2 Å². The van der Waals surface area contributed by atoms with Crippen LogP contribution in [0.5, 0.6) is 5.75 Å². The summed E-state index contributed by atoms with van der Waals surface area (Å²) >= 11 is 0. The molecule has 0 N–H and O–H groups in total. The lowest BCUT2D eigenvalue weighted by atomic mass is 9.67. The second-order valence-corrected chi connectivity index (χ2v) is 8.54. The van der Waals surface area contributed by atoms with Crippen molar-refractivity contribution in [2.45, 2.75) is 24.9 Å². The average molecular weight is 446 g/mol. The fraction of sp³-hybridized carbons (Fsp3) is 0.207. The largest absolute Gasteiger partial charge is 0.494 e. The Morgan fingerprint density at radius 1 is 0.971 bits per heavy atom. The molecule has 0 aliphatic carbocycles. The Labute approximate surface area is 199 Å². The summed E-state index contributed by atoms with van der Waals surface area (Å²) in [7, 11) is 0. The zero-order valence-corrected chi connectivity index (χ0v) is 18.8. The summed E-state index contributed by atoms with van der Waals surface area (Å²) in [6.45, 7) is 2.45. The van der Waals surface area contributed by atoms with E-state index in [1.807, 2.05) is 90.8 Å². The topological polar surface area (TPSA) is 77.1 Å². The number of nitriles is 2. The number of carbonyl (C=O) groups excluding carboxylic acids is 1. The van der Waals surface area contributed by atoms with E-state index in [1.165, 1.54) is 0 Å². The molecule has 0 amide bonds. The Morgan fingerprint density at radius 2 is 1.65 bits per heavy atom. The summed E-state index contributed by atoms with van der Waals surface area (Å²) in [6.07, 6.45) is 3.83. The van der Waals surface area contributed by atoms with E-state index in [0.29, 0.717) is 17.9 Å². The van der Waals surface area contributed by atoms with Crippen molar-refractivity contribution >= 4 is 11.9 Å². The first-order valence-corrected chi connectivity index (χ1v) is 11.3. The predicted octanol–water partition coefficient (Wildman–Crippen LogP) is 5.50. The first kappa shape index (κ1) is 21.5. The SMILES string of the molecule is CCOc1ccc([C@@H]2[C@@H](C(=O)c3ccccc3)N3C=Cc4ccccc4[C@@H]3C2(C#N)C#N)cc1. The Kier molecular flexibility index (Phi) is 5.40. The third-order valence-corrected chi connectivity index (χ3v) is 6.82. The van der Waals surface area contributed by atoms with E-state index in [-0.39, 0.29) is 5.78 Å². The Balaban J connectivity index is 1.73. The minimum Gasteiger partial charge on any atom is -0.494 e. The van der Waals surface area contributed by atoms with Crippen LogP contribution in [-0.2, 0) is 0 Å². The molecule has 0 unspecified atom stereocenters. The highest BCUT2D eigenvalue weighted by Gasteiger charge is 2.63. The summed E-state index contributed by atoms with van der Waals surface area (Å²) in [5.41, 5.74) is 1.69. The van der Waals surface area contributed by atoms with Gasteiger partial charge in [0.1, 0.15) is 11.8 Å². The number of fused-ring (bicyclic) bond motifs is 3. The number of ketones is 1. The third kappa shape index (κ3) is 3.17. The van der Waals surface area contributed by atoms with Gasteiger partial charge in [0.25, 0.3) is 0 Å². The summed E-state index contributed by atoms with van der Waals surface area (Å²) in [6, 6.07) is 27.7. The van der Waals surface area contributed by atoms with Crippen LogP contribution < -0.4 is 4.74 Å². The molecule has 2 heterocycles. The molecular weight excluding hydrogens is 422 g/mol. The Bertz CT molecular complexity index is 1320. The average Bonchev–Trinajstić information content (AvgIpc) is 3.20. The molecule has 0 saturated carbocycles.